The van der Waals surface area contributed by atoms with Crippen molar-refractivity contribution < 1.29 is 5.11 Å². The van der Waals surface area contributed by atoms with E-state index in [-0.39, 0.29) is 0 Å². The van der Waals surface area contributed by atoms with Gasteiger partial charge in [-0.25, -0.2) is 4.98 Å². The number of anilines is 1. The summed E-state index contributed by atoms with van der Waals surface area (Å²) in [6.07, 6.45) is 3.20. The van der Waals surface area contributed by atoms with Crippen molar-refractivity contribution in [1.82, 2.24) is 4.98 Å². The summed E-state index contributed by atoms with van der Waals surface area (Å²) >= 11 is 3.40. The molecule has 1 heterocycles. The van der Waals surface area contributed by atoms with Crippen LogP contribution in [0.3, 0.4) is 0 Å². The number of rotatable bonds is 5. The number of nitrogens with one attached hydrogen (secondary N) is 1. The van der Waals surface area contributed by atoms with Gasteiger partial charge in [0.1, 0.15) is 5.82 Å². The first kappa shape index (κ1) is 12.5. The third-order valence-electron chi connectivity index (χ3n) is 2.66. The minimum absolute atomic E-state index is 0.523. The smallest absolute Gasteiger partial charge is 0.140 e. The maximum atomic E-state index is 10.1. The Morgan fingerprint density at radius 3 is 2.67 bits per heavy atom. The molecule has 0 saturated carbocycles. The molecule has 0 amide bonds. The van der Waals surface area contributed by atoms with Crippen LogP contribution in [0.1, 0.15) is 26.7 Å². The van der Waals surface area contributed by atoms with E-state index in [1.54, 1.807) is 6.20 Å². The van der Waals surface area contributed by atoms with Crippen molar-refractivity contribution in [3.8, 4) is 0 Å². The third kappa shape index (κ3) is 3.47. The second-order valence-electron chi connectivity index (χ2n) is 3.62. The largest absolute Gasteiger partial charge is 0.388 e. The van der Waals surface area contributed by atoms with Crippen molar-refractivity contribution >= 4 is 21.7 Å². The van der Waals surface area contributed by atoms with Gasteiger partial charge in [-0.05, 0) is 40.9 Å². The van der Waals surface area contributed by atoms with Crippen LogP contribution in [0.5, 0.6) is 0 Å². The molecule has 0 atom stereocenters. The zero-order valence-electron chi connectivity index (χ0n) is 9.13. The van der Waals surface area contributed by atoms with Gasteiger partial charge in [0.15, 0.2) is 0 Å². The molecule has 0 aliphatic heterocycles. The van der Waals surface area contributed by atoms with E-state index in [0.717, 1.165) is 23.1 Å². The lowest BCUT2D eigenvalue weighted by Gasteiger charge is -2.25. The van der Waals surface area contributed by atoms with Gasteiger partial charge >= 0.3 is 0 Å². The number of nitrogens with zero attached hydrogens (tertiary/aromatic N) is 1. The van der Waals surface area contributed by atoms with Crippen LogP contribution in [-0.2, 0) is 0 Å². The molecule has 0 aromatic carbocycles. The summed E-state index contributed by atoms with van der Waals surface area (Å²) in [5, 5.41) is 13.2. The summed E-state index contributed by atoms with van der Waals surface area (Å²) in [6.45, 7) is 4.49. The van der Waals surface area contributed by atoms with Gasteiger partial charge in [0.2, 0.25) is 0 Å². The first-order valence-corrected chi connectivity index (χ1v) is 5.97. The molecule has 2 N–H and O–H groups in total. The molecule has 0 spiro atoms. The van der Waals surface area contributed by atoms with Gasteiger partial charge in [-0.3, -0.25) is 0 Å². The summed E-state index contributed by atoms with van der Waals surface area (Å²) < 4.78 is 0.916. The van der Waals surface area contributed by atoms with Crippen LogP contribution in [0.15, 0.2) is 22.8 Å². The summed E-state index contributed by atoms with van der Waals surface area (Å²) in [6, 6.07) is 3.79. The highest BCUT2D eigenvalue weighted by atomic mass is 79.9. The summed E-state index contributed by atoms with van der Waals surface area (Å²) in [7, 11) is 0. The Kier molecular flexibility index (Phi) is 4.54. The fourth-order valence-corrected chi connectivity index (χ4v) is 1.66. The van der Waals surface area contributed by atoms with E-state index in [9.17, 15) is 5.11 Å². The Labute approximate surface area is 99.1 Å². The first-order valence-electron chi connectivity index (χ1n) is 5.18. The Morgan fingerprint density at radius 1 is 1.47 bits per heavy atom. The maximum Gasteiger partial charge on any atom is 0.140 e. The van der Waals surface area contributed by atoms with E-state index in [0.29, 0.717) is 6.54 Å². The van der Waals surface area contributed by atoms with Gasteiger partial charge in [0, 0.05) is 12.7 Å². The Hall–Kier alpha value is -0.610. The van der Waals surface area contributed by atoms with Crippen molar-refractivity contribution in [3.63, 3.8) is 0 Å². The SMILES string of the molecule is CCC(O)(CC)CNc1ncccc1Br. The van der Waals surface area contributed by atoms with E-state index < -0.39 is 5.60 Å². The number of pyridine rings is 1. The molecule has 3 nitrogen and oxygen atoms in total. The molecule has 0 aliphatic carbocycles. The number of halogens is 1. The maximum absolute atomic E-state index is 10.1. The van der Waals surface area contributed by atoms with Gasteiger partial charge in [-0.15, -0.1) is 0 Å². The molecule has 1 aromatic heterocycles. The number of hydrogen-bond acceptors (Lipinski definition) is 3. The first-order chi connectivity index (χ1) is 7.11. The predicted octanol–water partition coefficient (Wildman–Crippen LogP) is 2.81. The van der Waals surface area contributed by atoms with E-state index in [1.165, 1.54) is 0 Å². The predicted molar refractivity (Wildman–Crippen MR) is 66.0 cm³/mol. The monoisotopic (exact) mass is 272 g/mol. The summed E-state index contributed by atoms with van der Waals surface area (Å²) in [4.78, 5) is 4.18. The molecule has 15 heavy (non-hydrogen) atoms. The Balaban J connectivity index is 2.61. The highest BCUT2D eigenvalue weighted by Gasteiger charge is 2.21. The molecule has 0 radical (unpaired) electrons. The molecule has 4 heteroatoms. The molecule has 0 unspecified atom stereocenters. The van der Waals surface area contributed by atoms with Crippen LogP contribution in [-0.4, -0.2) is 22.2 Å². The molecular formula is C11H17BrN2O. The van der Waals surface area contributed by atoms with E-state index in [4.69, 9.17) is 0 Å². The molecule has 0 saturated heterocycles. The average Bonchev–Trinajstić information content (AvgIpc) is 2.28. The van der Waals surface area contributed by atoms with Crippen LogP contribution >= 0.6 is 15.9 Å². The fourth-order valence-electron chi connectivity index (χ4n) is 1.26. The standard InChI is InChI=1S/C11H17BrN2O/c1-3-11(15,4-2)8-14-10-9(12)6-5-7-13-10/h5-7,15H,3-4,8H2,1-2H3,(H,13,14). The van der Waals surface area contributed by atoms with Gasteiger partial charge in [-0.1, -0.05) is 13.8 Å². The highest BCUT2D eigenvalue weighted by molar-refractivity contribution is 9.10. The van der Waals surface area contributed by atoms with E-state index >= 15 is 0 Å². The zero-order valence-corrected chi connectivity index (χ0v) is 10.7. The molecule has 1 aromatic rings. The van der Waals surface area contributed by atoms with Gasteiger partial charge in [0.25, 0.3) is 0 Å². The highest BCUT2D eigenvalue weighted by Crippen LogP contribution is 2.21. The topological polar surface area (TPSA) is 45.1 Å². The molecule has 0 fully saturated rings. The summed E-state index contributed by atoms with van der Waals surface area (Å²) in [5.41, 5.74) is -0.642. The van der Waals surface area contributed by atoms with Crippen molar-refractivity contribution in [2.24, 2.45) is 0 Å². The minimum Gasteiger partial charge on any atom is -0.388 e. The lowest BCUT2D eigenvalue weighted by molar-refractivity contribution is 0.0456. The van der Waals surface area contributed by atoms with Crippen LogP contribution in [0.25, 0.3) is 0 Å². The molecule has 0 bridgehead atoms. The van der Waals surface area contributed by atoms with Crippen LogP contribution in [0.4, 0.5) is 5.82 Å². The van der Waals surface area contributed by atoms with Crippen LogP contribution in [0.2, 0.25) is 0 Å². The molecular weight excluding hydrogens is 256 g/mol. The Morgan fingerprint density at radius 2 is 2.13 bits per heavy atom. The lowest BCUT2D eigenvalue weighted by Crippen LogP contribution is -2.35. The van der Waals surface area contributed by atoms with Gasteiger partial charge in [0.05, 0.1) is 10.1 Å². The second kappa shape index (κ2) is 5.47. The number of aliphatic hydroxyl groups is 1. The van der Waals surface area contributed by atoms with E-state index in [1.807, 2.05) is 26.0 Å². The van der Waals surface area contributed by atoms with Crippen molar-refractivity contribution in [1.29, 1.82) is 0 Å². The third-order valence-corrected chi connectivity index (χ3v) is 3.30. The van der Waals surface area contributed by atoms with Crippen molar-refractivity contribution in [2.45, 2.75) is 32.3 Å². The van der Waals surface area contributed by atoms with Crippen molar-refractivity contribution in [3.05, 3.63) is 22.8 Å². The Bertz CT molecular complexity index is 313. The van der Waals surface area contributed by atoms with Gasteiger partial charge < -0.3 is 10.4 Å². The summed E-state index contributed by atoms with van der Waals surface area (Å²) in [5.74, 6) is 0.776. The number of aromatic nitrogens is 1. The van der Waals surface area contributed by atoms with Crippen LogP contribution in [0, 0.1) is 0 Å². The lowest BCUT2D eigenvalue weighted by atomic mass is 9.98. The van der Waals surface area contributed by atoms with E-state index in [2.05, 4.69) is 26.2 Å². The molecule has 0 aliphatic rings. The molecule has 84 valence electrons. The minimum atomic E-state index is -0.642. The van der Waals surface area contributed by atoms with Crippen LogP contribution < -0.4 is 5.32 Å². The second-order valence-corrected chi connectivity index (χ2v) is 4.47. The number of hydrogen-bond donors (Lipinski definition) is 2. The van der Waals surface area contributed by atoms with Gasteiger partial charge in [-0.2, -0.15) is 0 Å². The zero-order chi connectivity index (χ0) is 11.3. The fraction of sp³-hybridized carbons (Fsp3) is 0.545. The normalized spacial score (nSPS) is 11.5. The average molecular weight is 273 g/mol. The van der Waals surface area contributed by atoms with Crippen molar-refractivity contribution in [2.75, 3.05) is 11.9 Å². The molecule has 1 rings (SSSR count). The quantitative estimate of drug-likeness (QED) is 0.867.